The van der Waals surface area contributed by atoms with E-state index in [1.165, 1.54) is 0 Å². The smallest absolute Gasteiger partial charge is 0.152 e. The number of likely N-dealkylation sites (N-methyl/N-ethyl adjacent to an activating group) is 1. The number of hydrogen-bond acceptors (Lipinski definition) is 4. The number of aromatic nitrogens is 1. The Hall–Kier alpha value is -1.29. The third-order valence-electron chi connectivity index (χ3n) is 2.99. The van der Waals surface area contributed by atoms with Crippen molar-refractivity contribution in [3.05, 3.63) is 17.8 Å². The largest absolute Gasteiger partial charge is 0.396 e. The molecule has 0 radical (unpaired) electrons. The molecule has 1 aromatic rings. The van der Waals surface area contributed by atoms with Crippen molar-refractivity contribution in [3.63, 3.8) is 0 Å². The van der Waals surface area contributed by atoms with Gasteiger partial charge in [0.1, 0.15) is 0 Å². The Morgan fingerprint density at radius 2 is 1.93 bits per heavy atom. The van der Waals surface area contributed by atoms with Gasteiger partial charge in [0.15, 0.2) is 5.82 Å². The van der Waals surface area contributed by atoms with Crippen molar-refractivity contribution in [2.24, 2.45) is 0 Å². The summed E-state index contributed by atoms with van der Waals surface area (Å²) < 4.78 is 0. The molecule has 82 valence electrons. The highest BCUT2D eigenvalue weighted by atomic mass is 15.3. The Labute approximate surface area is 90.7 Å². The highest BCUT2D eigenvalue weighted by Crippen LogP contribution is 2.23. The van der Waals surface area contributed by atoms with Crippen molar-refractivity contribution in [1.82, 2.24) is 9.88 Å². The zero-order chi connectivity index (χ0) is 10.8. The lowest BCUT2D eigenvalue weighted by Gasteiger charge is -2.33. The van der Waals surface area contributed by atoms with E-state index in [9.17, 15) is 0 Å². The first kappa shape index (κ1) is 10.2. The molecule has 0 saturated carbocycles. The fraction of sp³-hybridized carbons (Fsp3) is 0.545. The summed E-state index contributed by atoms with van der Waals surface area (Å²) in [7, 11) is 2.14. The van der Waals surface area contributed by atoms with Gasteiger partial charge < -0.3 is 15.5 Å². The molecule has 0 aliphatic carbocycles. The van der Waals surface area contributed by atoms with Crippen LogP contribution in [0.1, 0.15) is 5.56 Å². The molecular formula is C11H18N4. The molecule has 2 N–H and O–H groups in total. The second-order valence-corrected chi connectivity index (χ2v) is 4.16. The molecule has 1 aliphatic heterocycles. The van der Waals surface area contributed by atoms with E-state index in [0.717, 1.165) is 43.2 Å². The fourth-order valence-corrected chi connectivity index (χ4v) is 1.83. The molecule has 0 bridgehead atoms. The predicted octanol–water partition coefficient (Wildman–Crippen LogP) is 0.724. The van der Waals surface area contributed by atoms with Crippen LogP contribution >= 0.6 is 0 Å². The number of piperazine rings is 1. The first-order valence-corrected chi connectivity index (χ1v) is 5.33. The molecule has 0 atom stereocenters. The monoisotopic (exact) mass is 206 g/mol. The molecule has 0 amide bonds. The van der Waals surface area contributed by atoms with E-state index in [1.807, 2.05) is 19.2 Å². The highest BCUT2D eigenvalue weighted by molar-refractivity contribution is 5.66. The normalized spacial score (nSPS) is 18.1. The van der Waals surface area contributed by atoms with Gasteiger partial charge in [-0.25, -0.2) is 4.98 Å². The van der Waals surface area contributed by atoms with E-state index in [0.29, 0.717) is 0 Å². The first-order valence-electron chi connectivity index (χ1n) is 5.33. The molecule has 4 nitrogen and oxygen atoms in total. The van der Waals surface area contributed by atoms with Gasteiger partial charge in [-0.2, -0.15) is 0 Å². The molecule has 4 heteroatoms. The standard InChI is InChI=1S/C11H18N4/c1-9-3-4-13-11(10(9)12)15-7-5-14(2)6-8-15/h3-4H,5-8,12H2,1-2H3. The van der Waals surface area contributed by atoms with Crippen molar-refractivity contribution < 1.29 is 0 Å². The number of pyridine rings is 1. The van der Waals surface area contributed by atoms with Crippen LogP contribution in [0.3, 0.4) is 0 Å². The van der Waals surface area contributed by atoms with Gasteiger partial charge in [0.2, 0.25) is 0 Å². The Morgan fingerprint density at radius 1 is 1.27 bits per heavy atom. The maximum absolute atomic E-state index is 6.03. The number of nitrogen functional groups attached to an aromatic ring is 1. The number of anilines is 2. The number of nitrogens with two attached hydrogens (primary N) is 1. The summed E-state index contributed by atoms with van der Waals surface area (Å²) in [4.78, 5) is 8.96. The second kappa shape index (κ2) is 4.06. The summed E-state index contributed by atoms with van der Waals surface area (Å²) in [6.45, 7) is 6.20. The Balaban J connectivity index is 2.19. The van der Waals surface area contributed by atoms with Gasteiger partial charge in [0.25, 0.3) is 0 Å². The summed E-state index contributed by atoms with van der Waals surface area (Å²) >= 11 is 0. The molecular weight excluding hydrogens is 188 g/mol. The molecule has 1 saturated heterocycles. The van der Waals surface area contributed by atoms with Crippen molar-refractivity contribution >= 4 is 11.5 Å². The Kier molecular flexibility index (Phi) is 2.77. The quantitative estimate of drug-likeness (QED) is 0.735. The minimum atomic E-state index is 0.821. The maximum Gasteiger partial charge on any atom is 0.152 e. The molecule has 1 fully saturated rings. The van der Waals surface area contributed by atoms with Crippen molar-refractivity contribution in [1.29, 1.82) is 0 Å². The van der Waals surface area contributed by atoms with Gasteiger partial charge in [0, 0.05) is 32.4 Å². The lowest BCUT2D eigenvalue weighted by molar-refractivity contribution is 0.312. The van der Waals surface area contributed by atoms with E-state index < -0.39 is 0 Å². The number of aryl methyl sites for hydroxylation is 1. The van der Waals surface area contributed by atoms with E-state index in [2.05, 4.69) is 21.8 Å². The molecule has 15 heavy (non-hydrogen) atoms. The lowest BCUT2D eigenvalue weighted by Crippen LogP contribution is -2.45. The molecule has 1 aliphatic rings. The molecule has 0 aromatic carbocycles. The van der Waals surface area contributed by atoms with Crippen LogP contribution in [0.15, 0.2) is 12.3 Å². The average molecular weight is 206 g/mol. The summed E-state index contributed by atoms with van der Waals surface area (Å²) in [6.07, 6.45) is 1.83. The molecule has 1 aromatic heterocycles. The van der Waals surface area contributed by atoms with Crippen LogP contribution in [0.25, 0.3) is 0 Å². The third kappa shape index (κ3) is 2.04. The first-order chi connectivity index (χ1) is 7.18. The van der Waals surface area contributed by atoms with E-state index >= 15 is 0 Å². The zero-order valence-corrected chi connectivity index (χ0v) is 9.40. The van der Waals surface area contributed by atoms with Crippen LogP contribution < -0.4 is 10.6 Å². The maximum atomic E-state index is 6.03. The van der Waals surface area contributed by atoms with Crippen molar-refractivity contribution in [2.75, 3.05) is 43.9 Å². The fourth-order valence-electron chi connectivity index (χ4n) is 1.83. The zero-order valence-electron chi connectivity index (χ0n) is 9.40. The van der Waals surface area contributed by atoms with Crippen LogP contribution in [-0.2, 0) is 0 Å². The summed E-state index contributed by atoms with van der Waals surface area (Å²) in [6, 6.07) is 1.95. The van der Waals surface area contributed by atoms with E-state index in [4.69, 9.17) is 5.73 Å². The molecule has 2 rings (SSSR count). The SMILES string of the molecule is Cc1ccnc(N2CCN(C)CC2)c1N. The van der Waals surface area contributed by atoms with Crippen LogP contribution in [0.2, 0.25) is 0 Å². The van der Waals surface area contributed by atoms with E-state index in [-0.39, 0.29) is 0 Å². The molecule has 0 spiro atoms. The summed E-state index contributed by atoms with van der Waals surface area (Å²) in [5, 5.41) is 0. The van der Waals surface area contributed by atoms with Crippen LogP contribution in [0.4, 0.5) is 11.5 Å². The predicted molar refractivity (Wildman–Crippen MR) is 63.1 cm³/mol. The molecule has 2 heterocycles. The average Bonchev–Trinajstić information content (AvgIpc) is 2.24. The minimum Gasteiger partial charge on any atom is -0.396 e. The van der Waals surface area contributed by atoms with Gasteiger partial charge in [-0.3, -0.25) is 0 Å². The van der Waals surface area contributed by atoms with Gasteiger partial charge in [-0.05, 0) is 25.6 Å². The van der Waals surface area contributed by atoms with Crippen LogP contribution in [0.5, 0.6) is 0 Å². The second-order valence-electron chi connectivity index (χ2n) is 4.16. The number of nitrogens with zero attached hydrogens (tertiary/aromatic N) is 3. The summed E-state index contributed by atoms with van der Waals surface area (Å²) in [5.74, 6) is 0.947. The molecule has 0 unspecified atom stereocenters. The third-order valence-corrected chi connectivity index (χ3v) is 2.99. The lowest BCUT2D eigenvalue weighted by atomic mass is 10.2. The minimum absolute atomic E-state index is 0.821. The highest BCUT2D eigenvalue weighted by Gasteiger charge is 2.17. The number of rotatable bonds is 1. The van der Waals surface area contributed by atoms with Gasteiger partial charge in [-0.15, -0.1) is 0 Å². The topological polar surface area (TPSA) is 45.4 Å². The van der Waals surface area contributed by atoms with E-state index in [1.54, 1.807) is 0 Å². The number of hydrogen-bond donors (Lipinski definition) is 1. The Morgan fingerprint density at radius 3 is 2.60 bits per heavy atom. The van der Waals surface area contributed by atoms with Gasteiger partial charge >= 0.3 is 0 Å². The van der Waals surface area contributed by atoms with Gasteiger partial charge in [0.05, 0.1) is 5.69 Å². The van der Waals surface area contributed by atoms with Crippen molar-refractivity contribution in [2.45, 2.75) is 6.92 Å². The summed E-state index contributed by atoms with van der Waals surface area (Å²) in [5.41, 5.74) is 7.96. The Bertz CT molecular complexity index is 342. The van der Waals surface area contributed by atoms with Crippen molar-refractivity contribution in [3.8, 4) is 0 Å². The van der Waals surface area contributed by atoms with Crippen LogP contribution in [0, 0.1) is 6.92 Å². The van der Waals surface area contributed by atoms with Crippen LogP contribution in [-0.4, -0.2) is 43.1 Å². The van der Waals surface area contributed by atoms with Gasteiger partial charge in [-0.1, -0.05) is 0 Å².